The lowest BCUT2D eigenvalue weighted by atomic mass is 10.0. The van der Waals surface area contributed by atoms with Crippen molar-refractivity contribution in [1.29, 1.82) is 0 Å². The summed E-state index contributed by atoms with van der Waals surface area (Å²) in [6.45, 7) is 9.06. The summed E-state index contributed by atoms with van der Waals surface area (Å²) < 4.78 is 0. The monoisotopic (exact) mass is 396 g/mol. The van der Waals surface area contributed by atoms with E-state index in [1.165, 1.54) is 11.9 Å². The molecule has 3 amide bonds. The fourth-order valence-corrected chi connectivity index (χ4v) is 2.92. The van der Waals surface area contributed by atoms with Gasteiger partial charge >= 0.3 is 5.97 Å². The van der Waals surface area contributed by atoms with E-state index >= 15 is 0 Å². The maximum absolute atomic E-state index is 12.6. The van der Waals surface area contributed by atoms with E-state index < -0.39 is 35.9 Å². The second-order valence-electron chi connectivity index (χ2n) is 7.43. The van der Waals surface area contributed by atoms with Gasteiger partial charge in [0.05, 0.1) is 5.92 Å². The van der Waals surface area contributed by atoms with Crippen LogP contribution in [-0.4, -0.2) is 58.5 Å². The van der Waals surface area contributed by atoms with Gasteiger partial charge in [-0.05, 0) is 32.6 Å². The molecule has 1 heterocycles. The van der Waals surface area contributed by atoms with Crippen molar-refractivity contribution in [3.8, 4) is 0 Å². The SMILES string of the molecule is C/C=C/C(C)C(=O)NC(C(=O)NC(C)C(=O)N1CCCC(C(=O)O)N1)C(C)C. The van der Waals surface area contributed by atoms with E-state index in [2.05, 4.69) is 16.1 Å². The van der Waals surface area contributed by atoms with Crippen molar-refractivity contribution in [1.82, 2.24) is 21.1 Å². The predicted octanol–water partition coefficient (Wildman–Crippen LogP) is 0.424. The molecule has 1 fully saturated rings. The number of hydrazine groups is 1. The lowest BCUT2D eigenvalue weighted by molar-refractivity contribution is -0.148. The van der Waals surface area contributed by atoms with Crippen molar-refractivity contribution >= 4 is 23.7 Å². The number of aliphatic carboxylic acids is 1. The molecule has 0 aromatic carbocycles. The predicted molar refractivity (Wildman–Crippen MR) is 104 cm³/mol. The minimum absolute atomic E-state index is 0.173. The van der Waals surface area contributed by atoms with Crippen LogP contribution < -0.4 is 16.1 Å². The van der Waals surface area contributed by atoms with Crippen LogP contribution in [0.1, 0.15) is 47.5 Å². The van der Waals surface area contributed by atoms with E-state index in [0.29, 0.717) is 19.4 Å². The van der Waals surface area contributed by atoms with E-state index in [-0.39, 0.29) is 17.7 Å². The Morgan fingerprint density at radius 1 is 1.11 bits per heavy atom. The molecule has 28 heavy (non-hydrogen) atoms. The Balaban J connectivity index is 2.72. The van der Waals surface area contributed by atoms with Crippen molar-refractivity contribution in [2.45, 2.75) is 65.6 Å². The summed E-state index contributed by atoms with van der Waals surface area (Å²) >= 11 is 0. The molecule has 9 heteroatoms. The zero-order valence-corrected chi connectivity index (χ0v) is 17.2. The number of nitrogens with one attached hydrogen (secondary N) is 3. The molecular formula is C19H32N4O5. The second-order valence-corrected chi connectivity index (χ2v) is 7.43. The summed E-state index contributed by atoms with van der Waals surface area (Å²) in [5.41, 5.74) is 2.68. The Morgan fingerprint density at radius 3 is 2.29 bits per heavy atom. The highest BCUT2D eigenvalue weighted by molar-refractivity contribution is 5.92. The standard InChI is InChI=1S/C19H32N4O5/c1-6-8-12(4)16(24)21-15(11(2)3)17(25)20-13(5)18(26)23-10-7-9-14(22-23)19(27)28/h6,8,11-15,22H,7,9-10H2,1-5H3,(H,20,25)(H,21,24)(H,27,28)/b8-6+. The molecule has 158 valence electrons. The van der Waals surface area contributed by atoms with Gasteiger partial charge in [0.25, 0.3) is 5.91 Å². The molecule has 0 radical (unpaired) electrons. The molecule has 1 aliphatic heterocycles. The van der Waals surface area contributed by atoms with E-state index in [4.69, 9.17) is 5.11 Å². The Bertz CT molecular complexity index is 619. The van der Waals surface area contributed by atoms with Gasteiger partial charge in [-0.15, -0.1) is 0 Å². The summed E-state index contributed by atoms with van der Waals surface area (Å²) in [5.74, 6) is -2.71. The number of rotatable bonds is 8. The molecule has 0 aromatic rings. The average molecular weight is 396 g/mol. The Morgan fingerprint density at radius 2 is 1.75 bits per heavy atom. The van der Waals surface area contributed by atoms with E-state index in [0.717, 1.165) is 0 Å². The minimum Gasteiger partial charge on any atom is -0.480 e. The maximum atomic E-state index is 12.6. The molecule has 4 atom stereocenters. The van der Waals surface area contributed by atoms with Gasteiger partial charge in [0, 0.05) is 6.54 Å². The summed E-state index contributed by atoms with van der Waals surface area (Å²) in [4.78, 5) is 48.6. The number of allylic oxidation sites excluding steroid dienone is 1. The number of hydrogen-bond donors (Lipinski definition) is 4. The Kier molecular flexibility index (Phi) is 9.11. The summed E-state index contributed by atoms with van der Waals surface area (Å²) in [6, 6.07) is -2.47. The molecule has 1 aliphatic rings. The highest BCUT2D eigenvalue weighted by Gasteiger charge is 2.32. The zero-order chi connectivity index (χ0) is 21.4. The third-order valence-electron chi connectivity index (χ3n) is 4.62. The molecule has 9 nitrogen and oxygen atoms in total. The van der Waals surface area contributed by atoms with Gasteiger partial charge in [-0.25, -0.2) is 5.43 Å². The number of carbonyl (C=O) groups excluding carboxylic acids is 3. The van der Waals surface area contributed by atoms with Crippen molar-refractivity contribution in [2.24, 2.45) is 11.8 Å². The number of carboxylic acids is 1. The molecule has 0 aromatic heterocycles. The first kappa shape index (κ1) is 23.6. The van der Waals surface area contributed by atoms with Crippen LogP contribution in [0.2, 0.25) is 0 Å². The molecule has 4 N–H and O–H groups in total. The molecular weight excluding hydrogens is 364 g/mol. The van der Waals surface area contributed by atoms with Gasteiger partial charge in [0.15, 0.2) is 0 Å². The summed E-state index contributed by atoms with van der Waals surface area (Å²) in [5, 5.41) is 15.7. The lowest BCUT2D eigenvalue weighted by Crippen LogP contribution is -2.60. The van der Waals surface area contributed by atoms with Crippen molar-refractivity contribution < 1.29 is 24.3 Å². The van der Waals surface area contributed by atoms with Gasteiger partial charge in [-0.3, -0.25) is 24.2 Å². The quantitative estimate of drug-likeness (QED) is 0.441. The number of carbonyl (C=O) groups is 4. The minimum atomic E-state index is -1.02. The van der Waals surface area contributed by atoms with Crippen molar-refractivity contribution in [2.75, 3.05) is 6.54 Å². The van der Waals surface area contributed by atoms with Gasteiger partial charge in [0.2, 0.25) is 11.8 Å². The van der Waals surface area contributed by atoms with Crippen molar-refractivity contribution in [3.63, 3.8) is 0 Å². The van der Waals surface area contributed by atoms with E-state index in [1.54, 1.807) is 32.9 Å². The molecule has 1 rings (SSSR count). The summed E-state index contributed by atoms with van der Waals surface area (Å²) in [6.07, 6.45) is 4.50. The molecule has 0 spiro atoms. The Hall–Kier alpha value is -2.42. The zero-order valence-electron chi connectivity index (χ0n) is 17.2. The molecule has 0 aliphatic carbocycles. The third kappa shape index (κ3) is 6.63. The van der Waals surface area contributed by atoms with Crippen molar-refractivity contribution in [3.05, 3.63) is 12.2 Å². The normalized spacial score (nSPS) is 20.5. The van der Waals surface area contributed by atoms with Crippen LogP contribution in [0.4, 0.5) is 0 Å². The Labute approximate surface area is 165 Å². The first-order chi connectivity index (χ1) is 13.1. The van der Waals surface area contributed by atoms with Crippen LogP contribution in [-0.2, 0) is 19.2 Å². The molecule has 1 saturated heterocycles. The highest BCUT2D eigenvalue weighted by Crippen LogP contribution is 2.10. The lowest BCUT2D eigenvalue weighted by Gasteiger charge is -2.34. The third-order valence-corrected chi connectivity index (χ3v) is 4.62. The van der Waals surface area contributed by atoms with Crippen LogP contribution >= 0.6 is 0 Å². The largest absolute Gasteiger partial charge is 0.480 e. The van der Waals surface area contributed by atoms with Gasteiger partial charge < -0.3 is 15.7 Å². The first-order valence-electron chi connectivity index (χ1n) is 9.62. The number of nitrogens with zero attached hydrogens (tertiary/aromatic N) is 1. The van der Waals surface area contributed by atoms with Crippen LogP contribution in [0.25, 0.3) is 0 Å². The van der Waals surface area contributed by atoms with Gasteiger partial charge in [-0.1, -0.05) is 32.9 Å². The number of hydrogen-bond acceptors (Lipinski definition) is 5. The van der Waals surface area contributed by atoms with E-state index in [1.807, 2.05) is 6.92 Å². The average Bonchev–Trinajstić information content (AvgIpc) is 2.64. The fraction of sp³-hybridized carbons (Fsp3) is 0.684. The molecule has 0 bridgehead atoms. The number of carboxylic acid groups (broad SMARTS) is 1. The smallest absolute Gasteiger partial charge is 0.322 e. The fourth-order valence-electron chi connectivity index (χ4n) is 2.92. The van der Waals surface area contributed by atoms with Crippen LogP contribution in [0, 0.1) is 11.8 Å². The second kappa shape index (κ2) is 10.8. The topological polar surface area (TPSA) is 128 Å². The molecule has 0 saturated carbocycles. The van der Waals surface area contributed by atoms with Crippen LogP contribution in [0.5, 0.6) is 0 Å². The van der Waals surface area contributed by atoms with Gasteiger partial charge in [-0.2, -0.15) is 0 Å². The maximum Gasteiger partial charge on any atom is 0.322 e. The molecule has 4 unspecified atom stereocenters. The first-order valence-corrected chi connectivity index (χ1v) is 9.62. The van der Waals surface area contributed by atoms with Crippen LogP contribution in [0.3, 0.4) is 0 Å². The van der Waals surface area contributed by atoms with Crippen LogP contribution in [0.15, 0.2) is 12.2 Å². The highest BCUT2D eigenvalue weighted by atomic mass is 16.4. The van der Waals surface area contributed by atoms with Gasteiger partial charge in [0.1, 0.15) is 18.1 Å². The van der Waals surface area contributed by atoms with E-state index in [9.17, 15) is 19.2 Å². The number of amides is 3. The summed E-state index contributed by atoms with van der Waals surface area (Å²) in [7, 11) is 0.